The molecule has 0 bridgehead atoms. The fourth-order valence-corrected chi connectivity index (χ4v) is 5.74. The van der Waals surface area contributed by atoms with Crippen molar-refractivity contribution in [3.8, 4) is 5.69 Å². The zero-order valence-corrected chi connectivity index (χ0v) is 17.8. The molecule has 5 heteroatoms. The molecule has 31 heavy (non-hydrogen) atoms. The predicted octanol–water partition coefficient (Wildman–Crippen LogP) is 5.09. The van der Waals surface area contributed by atoms with Gasteiger partial charge in [0.05, 0.1) is 28.9 Å². The van der Waals surface area contributed by atoms with Crippen molar-refractivity contribution >= 4 is 11.8 Å². The summed E-state index contributed by atoms with van der Waals surface area (Å²) in [6.45, 7) is 2.16. The molecule has 0 radical (unpaired) electrons. The van der Waals surface area contributed by atoms with Crippen molar-refractivity contribution in [1.29, 1.82) is 0 Å². The first-order chi connectivity index (χ1) is 15.0. The van der Waals surface area contributed by atoms with E-state index in [0.29, 0.717) is 19.3 Å². The second kappa shape index (κ2) is 7.34. The second-order valence-electron chi connectivity index (χ2n) is 8.93. The molecule has 1 fully saturated rings. The van der Waals surface area contributed by atoms with Gasteiger partial charge in [0.1, 0.15) is 5.82 Å². The second-order valence-corrected chi connectivity index (χ2v) is 8.93. The number of rotatable bonds is 5. The van der Waals surface area contributed by atoms with E-state index in [-0.39, 0.29) is 11.1 Å². The Morgan fingerprint density at radius 1 is 1.16 bits per heavy atom. The molecule has 1 aromatic heterocycles. The van der Waals surface area contributed by atoms with Crippen LogP contribution in [0.25, 0.3) is 11.8 Å². The van der Waals surface area contributed by atoms with Crippen LogP contribution in [-0.2, 0) is 12.8 Å². The highest BCUT2D eigenvalue weighted by molar-refractivity contribution is 5.63. The molecule has 3 aromatic rings. The maximum absolute atomic E-state index is 13.9. The first-order valence-electron chi connectivity index (χ1n) is 11.1. The van der Waals surface area contributed by atoms with Gasteiger partial charge < -0.3 is 10.8 Å². The lowest BCUT2D eigenvalue weighted by Gasteiger charge is -2.45. The highest BCUT2D eigenvalue weighted by atomic mass is 19.1. The molecule has 4 nitrogen and oxygen atoms in total. The number of fused-ring (bicyclic) bond motifs is 2. The SMILES string of the molecule is CC[C@]12Cc3cnn(-c4ccccc4)c3C=C1CC[C@@]2(O)CCc1cccc(F)c1N. The number of benzene rings is 2. The quantitative estimate of drug-likeness (QED) is 0.569. The van der Waals surface area contributed by atoms with Crippen LogP contribution in [0.3, 0.4) is 0 Å². The van der Waals surface area contributed by atoms with Gasteiger partial charge in [0.2, 0.25) is 0 Å². The zero-order valence-electron chi connectivity index (χ0n) is 17.8. The fourth-order valence-electron chi connectivity index (χ4n) is 5.74. The molecule has 2 aliphatic rings. The molecule has 0 unspecified atom stereocenters. The molecular weight excluding hydrogens is 389 g/mol. The van der Waals surface area contributed by atoms with E-state index in [1.54, 1.807) is 6.07 Å². The number of halogens is 1. The van der Waals surface area contributed by atoms with Crippen molar-refractivity contribution in [1.82, 2.24) is 9.78 Å². The first-order valence-corrected chi connectivity index (χ1v) is 11.1. The topological polar surface area (TPSA) is 64.1 Å². The largest absolute Gasteiger partial charge is 0.396 e. The van der Waals surface area contributed by atoms with Gasteiger partial charge in [-0.25, -0.2) is 9.07 Å². The highest BCUT2D eigenvalue weighted by Crippen LogP contribution is 2.59. The van der Waals surface area contributed by atoms with Crippen molar-refractivity contribution in [2.45, 2.75) is 51.0 Å². The molecule has 2 aromatic carbocycles. The van der Waals surface area contributed by atoms with Crippen molar-refractivity contribution in [3.05, 3.63) is 82.9 Å². The average molecular weight is 418 g/mol. The Labute approximate surface area is 182 Å². The number of anilines is 1. The minimum atomic E-state index is -0.848. The number of nitrogen functional groups attached to an aromatic ring is 1. The van der Waals surface area contributed by atoms with E-state index in [4.69, 9.17) is 5.73 Å². The Kier molecular flexibility index (Phi) is 4.74. The van der Waals surface area contributed by atoms with Crippen molar-refractivity contribution in [3.63, 3.8) is 0 Å². The van der Waals surface area contributed by atoms with Crippen LogP contribution >= 0.6 is 0 Å². The van der Waals surface area contributed by atoms with E-state index >= 15 is 0 Å². The number of para-hydroxylation sites is 2. The molecule has 0 spiro atoms. The summed E-state index contributed by atoms with van der Waals surface area (Å²) in [5.41, 5.74) is 10.4. The van der Waals surface area contributed by atoms with E-state index in [0.717, 1.165) is 36.2 Å². The molecule has 1 heterocycles. The van der Waals surface area contributed by atoms with Gasteiger partial charge in [-0.3, -0.25) is 0 Å². The third-order valence-corrected chi connectivity index (χ3v) is 7.56. The van der Waals surface area contributed by atoms with Crippen molar-refractivity contribution < 1.29 is 9.50 Å². The minimum absolute atomic E-state index is 0.195. The van der Waals surface area contributed by atoms with Crippen LogP contribution in [-0.4, -0.2) is 20.5 Å². The highest BCUT2D eigenvalue weighted by Gasteiger charge is 2.56. The lowest BCUT2D eigenvalue weighted by atomic mass is 9.63. The predicted molar refractivity (Wildman–Crippen MR) is 121 cm³/mol. The van der Waals surface area contributed by atoms with Gasteiger partial charge in [-0.05, 0) is 73.9 Å². The Morgan fingerprint density at radius 2 is 1.97 bits per heavy atom. The van der Waals surface area contributed by atoms with Gasteiger partial charge in [0, 0.05) is 5.41 Å². The number of hydrogen-bond donors (Lipinski definition) is 2. The summed E-state index contributed by atoms with van der Waals surface area (Å²) in [4.78, 5) is 0. The molecule has 3 N–H and O–H groups in total. The maximum atomic E-state index is 13.9. The van der Waals surface area contributed by atoms with Crippen molar-refractivity contribution in [2.75, 3.05) is 5.73 Å². The van der Waals surface area contributed by atoms with Crippen LogP contribution in [0.2, 0.25) is 0 Å². The normalized spacial score (nSPS) is 24.5. The standard InChI is InChI=1S/C26H28FN3O/c1-2-25-16-19-17-29-30(21-8-4-3-5-9-21)23(19)15-20(25)12-14-26(25,31)13-11-18-7-6-10-22(27)24(18)28/h3-10,15,17,31H,2,11-14,16,28H2,1H3/t25-,26-/m0/s1. The summed E-state index contributed by atoms with van der Waals surface area (Å²) in [5, 5.41) is 16.6. The van der Waals surface area contributed by atoms with Gasteiger partial charge in [-0.15, -0.1) is 0 Å². The van der Waals surface area contributed by atoms with Gasteiger partial charge in [0.25, 0.3) is 0 Å². The number of hydrogen-bond acceptors (Lipinski definition) is 3. The molecular formula is C26H28FN3O. The van der Waals surface area contributed by atoms with Gasteiger partial charge in [-0.2, -0.15) is 5.10 Å². The molecule has 2 aliphatic carbocycles. The third-order valence-electron chi connectivity index (χ3n) is 7.56. The van der Waals surface area contributed by atoms with Crippen LogP contribution in [0.4, 0.5) is 10.1 Å². The maximum Gasteiger partial charge on any atom is 0.146 e. The summed E-state index contributed by atoms with van der Waals surface area (Å²) in [6, 6.07) is 15.1. The molecule has 160 valence electrons. The summed E-state index contributed by atoms with van der Waals surface area (Å²) in [5.74, 6) is -0.391. The summed E-state index contributed by atoms with van der Waals surface area (Å²) < 4.78 is 15.9. The summed E-state index contributed by atoms with van der Waals surface area (Å²) in [6.07, 6.45) is 8.51. The van der Waals surface area contributed by atoms with E-state index in [1.165, 1.54) is 17.2 Å². The summed E-state index contributed by atoms with van der Waals surface area (Å²) in [7, 11) is 0. The first kappa shape index (κ1) is 20.0. The van der Waals surface area contributed by atoms with Crippen LogP contribution in [0.1, 0.15) is 49.4 Å². The number of aromatic nitrogens is 2. The molecule has 0 saturated heterocycles. The lowest BCUT2D eigenvalue weighted by molar-refractivity contribution is -0.0568. The van der Waals surface area contributed by atoms with E-state index in [1.807, 2.05) is 35.1 Å². The van der Waals surface area contributed by atoms with Gasteiger partial charge in [0.15, 0.2) is 0 Å². The van der Waals surface area contributed by atoms with E-state index < -0.39 is 11.4 Å². The van der Waals surface area contributed by atoms with Crippen molar-refractivity contribution in [2.24, 2.45) is 5.41 Å². The molecule has 0 amide bonds. The minimum Gasteiger partial charge on any atom is -0.396 e. The Hall–Kier alpha value is -2.92. The van der Waals surface area contributed by atoms with Crippen LogP contribution in [0, 0.1) is 11.2 Å². The number of nitrogens with two attached hydrogens (primary N) is 1. The van der Waals surface area contributed by atoms with Crippen LogP contribution in [0.5, 0.6) is 0 Å². The smallest absolute Gasteiger partial charge is 0.146 e. The van der Waals surface area contributed by atoms with Crippen LogP contribution in [0.15, 0.2) is 60.3 Å². The lowest BCUT2D eigenvalue weighted by Crippen LogP contribution is -2.47. The monoisotopic (exact) mass is 417 g/mol. The molecule has 1 saturated carbocycles. The third kappa shape index (κ3) is 3.02. The van der Waals surface area contributed by atoms with E-state index in [9.17, 15) is 9.50 Å². The van der Waals surface area contributed by atoms with Gasteiger partial charge in [-0.1, -0.05) is 42.8 Å². The Bertz CT molecular complexity index is 1150. The number of nitrogens with zero attached hydrogens (tertiary/aromatic N) is 2. The number of aliphatic hydroxyl groups is 1. The van der Waals surface area contributed by atoms with Gasteiger partial charge >= 0.3 is 0 Å². The number of aryl methyl sites for hydroxylation is 1. The zero-order chi connectivity index (χ0) is 21.6. The Morgan fingerprint density at radius 3 is 2.74 bits per heavy atom. The molecule has 5 rings (SSSR count). The van der Waals surface area contributed by atoms with Crippen LogP contribution < -0.4 is 5.73 Å². The fraction of sp³-hybridized carbons (Fsp3) is 0.346. The molecule has 0 aliphatic heterocycles. The average Bonchev–Trinajstić information content (AvgIpc) is 3.33. The molecule has 2 atom stereocenters. The summed E-state index contributed by atoms with van der Waals surface area (Å²) >= 11 is 0. The van der Waals surface area contributed by atoms with E-state index in [2.05, 4.69) is 30.2 Å². The Balaban J connectivity index is 1.48.